The zero-order valence-corrected chi connectivity index (χ0v) is 22.6. The number of nitrogens with one attached hydrogen (secondary N) is 1. The van der Waals surface area contributed by atoms with Gasteiger partial charge in [-0.2, -0.15) is 4.98 Å². The van der Waals surface area contributed by atoms with Gasteiger partial charge in [-0.05, 0) is 59.7 Å². The maximum Gasteiger partial charge on any atom is 0.236 e. The number of halogens is 1. The van der Waals surface area contributed by atoms with Crippen LogP contribution in [0.15, 0.2) is 42.5 Å². The molecule has 1 aromatic heterocycles. The average Bonchev–Trinajstić information content (AvgIpc) is 3.53. The fraction of sp³-hybridized carbons (Fsp3) is 0.400. The Hall–Kier alpha value is -3.49. The number of amides is 1. The van der Waals surface area contributed by atoms with Crippen molar-refractivity contribution in [3.63, 3.8) is 0 Å². The fourth-order valence-corrected chi connectivity index (χ4v) is 6.61. The number of hydrogen-bond acceptors (Lipinski definition) is 7. The molecule has 3 aliphatic heterocycles. The van der Waals surface area contributed by atoms with Gasteiger partial charge in [-0.3, -0.25) is 9.69 Å². The van der Waals surface area contributed by atoms with Crippen LogP contribution in [-0.4, -0.2) is 54.7 Å². The molecule has 1 N–H and O–H groups in total. The molecule has 2 fully saturated rings. The van der Waals surface area contributed by atoms with Crippen molar-refractivity contribution in [3.05, 3.63) is 64.2 Å². The van der Waals surface area contributed by atoms with Crippen molar-refractivity contribution < 1.29 is 23.7 Å². The lowest BCUT2D eigenvalue weighted by Gasteiger charge is -2.48. The Morgan fingerprint density at radius 1 is 1.10 bits per heavy atom. The highest BCUT2D eigenvalue weighted by Gasteiger charge is 2.47. The summed E-state index contributed by atoms with van der Waals surface area (Å²) in [7, 11) is 1.61. The minimum absolute atomic E-state index is 0.0702. The molecule has 3 aromatic rings. The van der Waals surface area contributed by atoms with E-state index in [-0.39, 0.29) is 17.6 Å². The third kappa shape index (κ3) is 4.45. The molecule has 9 heteroatoms. The lowest BCUT2D eigenvalue weighted by Crippen LogP contribution is -2.66. The van der Waals surface area contributed by atoms with E-state index < -0.39 is 0 Å². The quantitative estimate of drug-likeness (QED) is 0.478. The number of carbonyl (C=O) groups excluding carboxylic acids is 1. The molecule has 2 saturated heterocycles. The molecular weight excluding hydrogens is 518 g/mol. The third-order valence-electron chi connectivity index (χ3n) is 8.18. The maximum absolute atomic E-state index is 11.7. The molecule has 2 aromatic carbocycles. The highest BCUT2D eigenvalue weighted by Crippen LogP contribution is 2.43. The van der Waals surface area contributed by atoms with Gasteiger partial charge in [0.1, 0.15) is 24.3 Å². The van der Waals surface area contributed by atoms with Crippen LogP contribution in [0, 0.1) is 0 Å². The van der Waals surface area contributed by atoms with E-state index in [0.29, 0.717) is 43.0 Å². The lowest BCUT2D eigenvalue weighted by molar-refractivity contribution is -0.120. The van der Waals surface area contributed by atoms with Crippen LogP contribution in [0.4, 0.5) is 0 Å². The van der Waals surface area contributed by atoms with Gasteiger partial charge in [0.2, 0.25) is 17.7 Å². The number of benzene rings is 2. The fourth-order valence-electron chi connectivity index (χ4n) is 6.39. The molecule has 1 amide bonds. The second-order valence-electron chi connectivity index (χ2n) is 10.8. The van der Waals surface area contributed by atoms with Crippen LogP contribution in [0.2, 0.25) is 5.02 Å². The van der Waals surface area contributed by atoms with Crippen LogP contribution >= 0.6 is 11.6 Å². The predicted molar refractivity (Wildman–Crippen MR) is 146 cm³/mol. The van der Waals surface area contributed by atoms with Crippen molar-refractivity contribution in [2.24, 2.45) is 0 Å². The summed E-state index contributed by atoms with van der Waals surface area (Å²) >= 11 is 6.70. The summed E-state index contributed by atoms with van der Waals surface area (Å²) in [6.07, 6.45) is 3.08. The Morgan fingerprint density at radius 3 is 2.74 bits per heavy atom. The Balaban J connectivity index is 1.09. The molecular formula is C30H30ClN3O5. The number of aromatic nitrogens is 1. The SMILES string of the molecule is COc1nc(O[C@H]2CCc3c(-c4ccc5c(c4)OCCO5)cccc32)c(Cl)cc1CN1CC2(CCC(=O)N2)C1. The summed E-state index contributed by atoms with van der Waals surface area (Å²) in [5.74, 6) is 2.60. The monoisotopic (exact) mass is 547 g/mol. The van der Waals surface area contributed by atoms with Gasteiger partial charge >= 0.3 is 0 Å². The van der Waals surface area contributed by atoms with Gasteiger partial charge in [0, 0.05) is 31.6 Å². The van der Waals surface area contributed by atoms with Gasteiger partial charge in [0.25, 0.3) is 0 Å². The molecule has 8 nitrogen and oxygen atoms in total. The summed E-state index contributed by atoms with van der Waals surface area (Å²) in [6.45, 7) is 3.43. The lowest BCUT2D eigenvalue weighted by atomic mass is 9.88. The molecule has 4 heterocycles. The predicted octanol–water partition coefficient (Wildman–Crippen LogP) is 4.71. The second-order valence-corrected chi connectivity index (χ2v) is 11.2. The first kappa shape index (κ1) is 24.5. The van der Waals surface area contributed by atoms with E-state index in [0.717, 1.165) is 60.5 Å². The minimum Gasteiger partial charge on any atom is -0.486 e. The molecule has 0 unspecified atom stereocenters. The van der Waals surface area contributed by atoms with Gasteiger partial charge in [-0.1, -0.05) is 35.9 Å². The summed E-state index contributed by atoms with van der Waals surface area (Å²) < 4.78 is 23.6. The van der Waals surface area contributed by atoms with Crippen LogP contribution in [0.25, 0.3) is 11.1 Å². The van der Waals surface area contributed by atoms with Crippen LogP contribution in [0.5, 0.6) is 23.3 Å². The molecule has 4 aliphatic rings. The van der Waals surface area contributed by atoms with E-state index >= 15 is 0 Å². The first-order valence-electron chi connectivity index (χ1n) is 13.5. The number of methoxy groups -OCH3 is 1. The highest BCUT2D eigenvalue weighted by molar-refractivity contribution is 6.31. The number of ether oxygens (including phenoxy) is 4. The van der Waals surface area contributed by atoms with E-state index in [4.69, 9.17) is 30.5 Å². The number of rotatable bonds is 6. The Morgan fingerprint density at radius 2 is 1.95 bits per heavy atom. The van der Waals surface area contributed by atoms with Gasteiger partial charge in [0.15, 0.2) is 11.5 Å². The number of hydrogen-bond donors (Lipinski definition) is 1. The zero-order valence-electron chi connectivity index (χ0n) is 21.8. The molecule has 0 radical (unpaired) electrons. The van der Waals surface area contributed by atoms with Crippen molar-refractivity contribution in [1.29, 1.82) is 0 Å². The third-order valence-corrected chi connectivity index (χ3v) is 8.45. The van der Waals surface area contributed by atoms with Gasteiger partial charge in [0.05, 0.1) is 12.6 Å². The number of pyridine rings is 1. The highest BCUT2D eigenvalue weighted by atomic mass is 35.5. The Labute approximate surface area is 232 Å². The molecule has 1 aliphatic carbocycles. The van der Waals surface area contributed by atoms with Gasteiger partial charge in [-0.25, -0.2) is 0 Å². The summed E-state index contributed by atoms with van der Waals surface area (Å²) in [5.41, 5.74) is 5.52. The van der Waals surface area contributed by atoms with E-state index in [1.165, 1.54) is 11.1 Å². The van der Waals surface area contributed by atoms with Crippen molar-refractivity contribution in [1.82, 2.24) is 15.2 Å². The van der Waals surface area contributed by atoms with Crippen molar-refractivity contribution >= 4 is 17.5 Å². The average molecular weight is 548 g/mol. The van der Waals surface area contributed by atoms with Crippen LogP contribution in [-0.2, 0) is 17.8 Å². The standard InChI is InChI=1S/C30H30ClN3O5/c1-36-28-19(15-34-16-30(17-34)10-9-27(35)33-30)13-23(31)29(32-28)39-24-8-6-21-20(3-2-4-22(21)24)18-5-7-25-26(14-18)38-12-11-37-25/h2-5,7,13-14,24H,6,8-12,15-17H2,1H3,(H,33,35)/t24-/m0/s1. The van der Waals surface area contributed by atoms with E-state index in [2.05, 4.69) is 45.5 Å². The molecule has 202 valence electrons. The van der Waals surface area contributed by atoms with Crippen molar-refractivity contribution in [2.45, 2.75) is 43.9 Å². The number of nitrogens with zero attached hydrogens (tertiary/aromatic N) is 2. The smallest absolute Gasteiger partial charge is 0.236 e. The molecule has 0 bridgehead atoms. The second kappa shape index (κ2) is 9.61. The van der Waals surface area contributed by atoms with Crippen LogP contribution in [0.3, 0.4) is 0 Å². The molecule has 7 rings (SSSR count). The normalized spacial score (nSPS) is 20.9. The number of fused-ring (bicyclic) bond motifs is 2. The Bertz CT molecular complexity index is 1450. The molecule has 1 spiro atoms. The first-order valence-corrected chi connectivity index (χ1v) is 13.8. The van der Waals surface area contributed by atoms with Crippen molar-refractivity contribution in [3.8, 4) is 34.4 Å². The molecule has 0 saturated carbocycles. The summed E-state index contributed by atoms with van der Waals surface area (Å²) in [4.78, 5) is 18.6. The minimum atomic E-state index is -0.154. The van der Waals surface area contributed by atoms with Crippen LogP contribution in [0.1, 0.15) is 42.1 Å². The first-order chi connectivity index (χ1) is 19.0. The Kier molecular flexibility index (Phi) is 6.05. The number of likely N-dealkylation sites (tertiary alicyclic amines) is 1. The van der Waals surface area contributed by atoms with E-state index in [1.807, 2.05) is 12.1 Å². The van der Waals surface area contributed by atoms with Crippen molar-refractivity contribution in [2.75, 3.05) is 33.4 Å². The van der Waals surface area contributed by atoms with E-state index in [1.54, 1.807) is 7.11 Å². The number of carbonyl (C=O) groups is 1. The van der Waals surface area contributed by atoms with Gasteiger partial charge < -0.3 is 24.3 Å². The summed E-state index contributed by atoms with van der Waals surface area (Å²) in [5, 5.41) is 3.59. The van der Waals surface area contributed by atoms with Crippen LogP contribution < -0.4 is 24.3 Å². The van der Waals surface area contributed by atoms with Gasteiger partial charge in [-0.15, -0.1) is 0 Å². The maximum atomic E-state index is 11.7. The largest absolute Gasteiger partial charge is 0.486 e. The molecule has 1 atom stereocenters. The van der Waals surface area contributed by atoms with E-state index in [9.17, 15) is 4.79 Å². The summed E-state index contributed by atoms with van der Waals surface area (Å²) in [6, 6.07) is 14.3. The topological polar surface area (TPSA) is 82.2 Å². The zero-order chi connectivity index (χ0) is 26.6. The molecule has 39 heavy (non-hydrogen) atoms.